The zero-order chi connectivity index (χ0) is 10.8. The molecule has 0 spiro atoms. The monoisotopic (exact) mass is 224 g/mol. The molecule has 0 fully saturated rings. The van der Waals surface area contributed by atoms with Gasteiger partial charge in [-0.15, -0.1) is 0 Å². The number of carbonyl (C=O) groups is 1. The summed E-state index contributed by atoms with van der Waals surface area (Å²) in [4.78, 5) is 11.7. The molecule has 1 unspecified atom stereocenters. The second-order valence-electron chi connectivity index (χ2n) is 3.74. The molecule has 1 aliphatic rings. The molecular weight excluding hydrogens is 212 g/mol. The fraction of sp³-hybridized carbons (Fsp3) is 0.364. The number of halogens is 1. The van der Waals surface area contributed by atoms with Gasteiger partial charge in [0.05, 0.1) is 10.7 Å². The first-order valence-electron chi connectivity index (χ1n) is 5.00. The Hall–Kier alpha value is -1.06. The average molecular weight is 225 g/mol. The topological polar surface area (TPSA) is 55.1 Å². The van der Waals surface area contributed by atoms with Crippen LogP contribution >= 0.6 is 11.6 Å². The van der Waals surface area contributed by atoms with Crippen molar-refractivity contribution in [2.75, 3.05) is 11.9 Å². The Kier molecular flexibility index (Phi) is 2.93. The normalized spacial score (nSPS) is 19.6. The standard InChI is InChI=1S/C11H13ClN2O/c12-9-3-1-2-7-6-8(4-5-13)11(15)14-10(7)9/h1-3,8H,4-6,13H2,(H,14,15). The lowest BCUT2D eigenvalue weighted by Gasteiger charge is -2.24. The lowest BCUT2D eigenvalue weighted by Crippen LogP contribution is -2.31. The largest absolute Gasteiger partial charge is 0.330 e. The van der Waals surface area contributed by atoms with Crippen LogP contribution < -0.4 is 11.1 Å². The number of amides is 1. The molecule has 15 heavy (non-hydrogen) atoms. The van der Waals surface area contributed by atoms with Gasteiger partial charge in [0.15, 0.2) is 0 Å². The van der Waals surface area contributed by atoms with Crippen LogP contribution in [0.15, 0.2) is 18.2 Å². The summed E-state index contributed by atoms with van der Waals surface area (Å²) in [6.45, 7) is 0.536. The third kappa shape index (κ3) is 1.98. The Bertz CT molecular complexity index is 392. The van der Waals surface area contributed by atoms with Crippen LogP contribution in [-0.2, 0) is 11.2 Å². The van der Waals surface area contributed by atoms with Crippen molar-refractivity contribution >= 4 is 23.2 Å². The van der Waals surface area contributed by atoms with Gasteiger partial charge in [0, 0.05) is 5.92 Å². The molecule has 0 radical (unpaired) electrons. The van der Waals surface area contributed by atoms with E-state index in [0.29, 0.717) is 11.6 Å². The number of benzene rings is 1. The Morgan fingerprint density at radius 3 is 3.07 bits per heavy atom. The van der Waals surface area contributed by atoms with Gasteiger partial charge in [-0.05, 0) is 31.0 Å². The fourth-order valence-electron chi connectivity index (χ4n) is 1.90. The third-order valence-electron chi connectivity index (χ3n) is 2.70. The van der Waals surface area contributed by atoms with Gasteiger partial charge in [0.1, 0.15) is 0 Å². The van der Waals surface area contributed by atoms with Crippen LogP contribution in [0.1, 0.15) is 12.0 Å². The molecule has 1 aromatic rings. The first-order valence-corrected chi connectivity index (χ1v) is 5.38. The summed E-state index contributed by atoms with van der Waals surface area (Å²) in [6.07, 6.45) is 1.46. The zero-order valence-electron chi connectivity index (χ0n) is 8.29. The van der Waals surface area contributed by atoms with E-state index in [1.54, 1.807) is 6.07 Å². The van der Waals surface area contributed by atoms with Gasteiger partial charge >= 0.3 is 0 Å². The minimum absolute atomic E-state index is 0.0130. The fourth-order valence-corrected chi connectivity index (χ4v) is 2.14. The Morgan fingerprint density at radius 2 is 2.33 bits per heavy atom. The number of rotatable bonds is 2. The van der Waals surface area contributed by atoms with Crippen LogP contribution in [0.25, 0.3) is 0 Å². The molecule has 80 valence electrons. The molecule has 0 bridgehead atoms. The summed E-state index contributed by atoms with van der Waals surface area (Å²) in [7, 11) is 0. The quantitative estimate of drug-likeness (QED) is 0.805. The van der Waals surface area contributed by atoms with Crippen molar-refractivity contribution in [3.63, 3.8) is 0 Å². The SMILES string of the molecule is NCCC1Cc2cccc(Cl)c2NC1=O. The Labute approximate surface area is 93.6 Å². The van der Waals surface area contributed by atoms with Crippen molar-refractivity contribution in [3.05, 3.63) is 28.8 Å². The van der Waals surface area contributed by atoms with Crippen LogP contribution in [0.2, 0.25) is 5.02 Å². The highest BCUT2D eigenvalue weighted by molar-refractivity contribution is 6.34. The summed E-state index contributed by atoms with van der Waals surface area (Å²) in [5.74, 6) is 0.0158. The maximum Gasteiger partial charge on any atom is 0.227 e. The van der Waals surface area contributed by atoms with Crippen molar-refractivity contribution in [2.24, 2.45) is 11.7 Å². The van der Waals surface area contributed by atoms with Crippen molar-refractivity contribution in [1.29, 1.82) is 0 Å². The highest BCUT2D eigenvalue weighted by Gasteiger charge is 2.26. The minimum Gasteiger partial charge on any atom is -0.330 e. The van der Waals surface area contributed by atoms with Crippen LogP contribution in [-0.4, -0.2) is 12.5 Å². The highest BCUT2D eigenvalue weighted by atomic mass is 35.5. The Balaban J connectivity index is 2.30. The van der Waals surface area contributed by atoms with E-state index < -0.39 is 0 Å². The van der Waals surface area contributed by atoms with E-state index in [9.17, 15) is 4.79 Å². The molecule has 2 rings (SSSR count). The summed E-state index contributed by atoms with van der Waals surface area (Å²) in [5.41, 5.74) is 7.32. The molecule has 1 amide bonds. The van der Waals surface area contributed by atoms with Crippen molar-refractivity contribution < 1.29 is 4.79 Å². The molecule has 1 atom stereocenters. The van der Waals surface area contributed by atoms with Crippen molar-refractivity contribution in [3.8, 4) is 0 Å². The smallest absolute Gasteiger partial charge is 0.227 e. The molecule has 1 heterocycles. The summed E-state index contributed by atoms with van der Waals surface area (Å²) in [6, 6.07) is 5.67. The van der Waals surface area contributed by atoms with Crippen LogP contribution in [0.5, 0.6) is 0 Å². The number of anilines is 1. The van der Waals surface area contributed by atoms with Gasteiger partial charge in [-0.2, -0.15) is 0 Å². The summed E-state index contributed by atoms with van der Waals surface area (Å²) < 4.78 is 0. The maximum absolute atomic E-state index is 11.7. The van der Waals surface area contributed by atoms with E-state index in [0.717, 1.165) is 24.1 Å². The molecule has 0 saturated carbocycles. The molecule has 0 aliphatic carbocycles. The third-order valence-corrected chi connectivity index (χ3v) is 3.02. The second kappa shape index (κ2) is 4.21. The van der Waals surface area contributed by atoms with E-state index in [1.807, 2.05) is 12.1 Å². The molecular formula is C11H13ClN2O. The summed E-state index contributed by atoms with van der Waals surface area (Å²) >= 11 is 5.99. The number of nitrogens with two attached hydrogens (primary N) is 1. The number of hydrogen-bond donors (Lipinski definition) is 2. The Morgan fingerprint density at radius 1 is 1.53 bits per heavy atom. The van der Waals surface area contributed by atoms with Crippen LogP contribution in [0.3, 0.4) is 0 Å². The zero-order valence-corrected chi connectivity index (χ0v) is 9.05. The number of fused-ring (bicyclic) bond motifs is 1. The predicted molar refractivity (Wildman–Crippen MR) is 60.9 cm³/mol. The van der Waals surface area contributed by atoms with Gasteiger partial charge in [0.25, 0.3) is 0 Å². The molecule has 3 nitrogen and oxygen atoms in total. The second-order valence-corrected chi connectivity index (χ2v) is 4.15. The van der Waals surface area contributed by atoms with Crippen LogP contribution in [0.4, 0.5) is 5.69 Å². The van der Waals surface area contributed by atoms with Crippen molar-refractivity contribution in [1.82, 2.24) is 0 Å². The van der Waals surface area contributed by atoms with E-state index in [1.165, 1.54) is 0 Å². The average Bonchev–Trinajstić information content (AvgIpc) is 2.21. The predicted octanol–water partition coefficient (Wildman–Crippen LogP) is 1.80. The van der Waals surface area contributed by atoms with E-state index >= 15 is 0 Å². The van der Waals surface area contributed by atoms with Gasteiger partial charge in [0.2, 0.25) is 5.91 Å². The molecule has 3 N–H and O–H groups in total. The highest BCUT2D eigenvalue weighted by Crippen LogP contribution is 2.32. The van der Waals surface area contributed by atoms with Gasteiger partial charge in [-0.3, -0.25) is 4.79 Å². The minimum atomic E-state index is -0.0130. The van der Waals surface area contributed by atoms with Gasteiger partial charge < -0.3 is 11.1 Å². The first kappa shape index (κ1) is 10.5. The van der Waals surface area contributed by atoms with E-state index in [2.05, 4.69) is 5.32 Å². The number of carbonyl (C=O) groups excluding carboxylic acids is 1. The number of hydrogen-bond acceptors (Lipinski definition) is 2. The summed E-state index contributed by atoms with van der Waals surface area (Å²) in [5, 5.41) is 3.44. The van der Waals surface area contributed by atoms with Crippen molar-refractivity contribution in [2.45, 2.75) is 12.8 Å². The van der Waals surface area contributed by atoms with E-state index in [4.69, 9.17) is 17.3 Å². The lowest BCUT2D eigenvalue weighted by atomic mass is 9.91. The first-order chi connectivity index (χ1) is 7.22. The molecule has 1 aliphatic heterocycles. The lowest BCUT2D eigenvalue weighted by molar-refractivity contribution is -0.120. The van der Waals surface area contributed by atoms with Crippen LogP contribution in [0, 0.1) is 5.92 Å². The van der Waals surface area contributed by atoms with E-state index in [-0.39, 0.29) is 11.8 Å². The molecule has 0 saturated heterocycles. The molecule has 1 aromatic carbocycles. The molecule has 4 heteroatoms. The number of nitrogens with one attached hydrogen (secondary N) is 1. The number of para-hydroxylation sites is 1. The maximum atomic E-state index is 11.7. The van der Waals surface area contributed by atoms with Gasteiger partial charge in [-0.25, -0.2) is 0 Å². The molecule has 0 aromatic heterocycles. The van der Waals surface area contributed by atoms with Gasteiger partial charge in [-0.1, -0.05) is 23.7 Å².